The van der Waals surface area contributed by atoms with Crippen LogP contribution in [-0.4, -0.2) is 16.1 Å². The number of hydrogen-bond donors (Lipinski definition) is 1. The van der Waals surface area contributed by atoms with Crippen LogP contribution in [0.3, 0.4) is 0 Å². The minimum Gasteiger partial charge on any atom is -0.337 e. The summed E-state index contributed by atoms with van der Waals surface area (Å²) in [6.07, 6.45) is 7.82. The molecule has 0 saturated carbocycles. The van der Waals surface area contributed by atoms with E-state index in [-0.39, 0.29) is 0 Å². The molecule has 0 aliphatic carbocycles. The standard InChI is InChI=1S/C13H25N3/c1-4-7-14-9-13-10-16(11-15-13)8-5-6-12(2)3/h10-12,14H,4-9H2,1-3H3. The van der Waals surface area contributed by atoms with Crippen LogP contribution >= 0.6 is 0 Å². The Hall–Kier alpha value is -0.830. The fraction of sp³-hybridized carbons (Fsp3) is 0.769. The second-order valence-electron chi connectivity index (χ2n) is 4.82. The van der Waals surface area contributed by atoms with Gasteiger partial charge >= 0.3 is 0 Å². The van der Waals surface area contributed by atoms with Gasteiger partial charge in [0.2, 0.25) is 0 Å². The summed E-state index contributed by atoms with van der Waals surface area (Å²) in [6, 6.07) is 0. The molecule has 0 aliphatic rings. The van der Waals surface area contributed by atoms with Crippen LogP contribution in [-0.2, 0) is 13.1 Å². The van der Waals surface area contributed by atoms with Gasteiger partial charge in [-0.3, -0.25) is 0 Å². The SMILES string of the molecule is CCCNCc1cn(CCCC(C)C)cn1. The van der Waals surface area contributed by atoms with E-state index in [4.69, 9.17) is 0 Å². The molecule has 1 N–H and O–H groups in total. The summed E-state index contributed by atoms with van der Waals surface area (Å²) in [5, 5.41) is 3.36. The number of rotatable bonds is 8. The van der Waals surface area contributed by atoms with E-state index in [9.17, 15) is 0 Å². The summed E-state index contributed by atoms with van der Waals surface area (Å²) in [4.78, 5) is 4.39. The topological polar surface area (TPSA) is 29.9 Å². The highest BCUT2D eigenvalue weighted by Crippen LogP contribution is 2.06. The molecule has 0 aliphatic heterocycles. The molecule has 0 saturated heterocycles. The molecule has 0 unspecified atom stereocenters. The maximum absolute atomic E-state index is 4.39. The molecule has 0 bridgehead atoms. The maximum atomic E-state index is 4.39. The predicted molar refractivity (Wildman–Crippen MR) is 68.3 cm³/mol. The van der Waals surface area contributed by atoms with Crippen molar-refractivity contribution in [3.63, 3.8) is 0 Å². The lowest BCUT2D eigenvalue weighted by Gasteiger charge is -2.04. The normalized spacial score (nSPS) is 11.2. The lowest BCUT2D eigenvalue weighted by atomic mass is 10.1. The molecule has 0 fully saturated rings. The number of nitrogens with zero attached hydrogens (tertiary/aromatic N) is 2. The number of nitrogens with one attached hydrogen (secondary N) is 1. The van der Waals surface area contributed by atoms with Crippen molar-refractivity contribution in [3.05, 3.63) is 18.2 Å². The minimum absolute atomic E-state index is 0.800. The molecule has 0 aromatic carbocycles. The Morgan fingerprint density at radius 3 is 2.94 bits per heavy atom. The van der Waals surface area contributed by atoms with E-state index in [2.05, 4.69) is 41.8 Å². The first-order valence-electron chi connectivity index (χ1n) is 6.43. The van der Waals surface area contributed by atoms with Gasteiger partial charge in [-0.25, -0.2) is 4.98 Å². The Labute approximate surface area is 99.3 Å². The van der Waals surface area contributed by atoms with Gasteiger partial charge in [0, 0.05) is 19.3 Å². The Bertz CT molecular complexity index is 278. The highest BCUT2D eigenvalue weighted by molar-refractivity contribution is 4.95. The van der Waals surface area contributed by atoms with Gasteiger partial charge < -0.3 is 9.88 Å². The van der Waals surface area contributed by atoms with Crippen molar-refractivity contribution in [2.75, 3.05) is 6.54 Å². The van der Waals surface area contributed by atoms with Crippen molar-refractivity contribution >= 4 is 0 Å². The number of aryl methyl sites for hydroxylation is 1. The van der Waals surface area contributed by atoms with E-state index >= 15 is 0 Å². The molecule has 3 nitrogen and oxygen atoms in total. The van der Waals surface area contributed by atoms with E-state index in [1.807, 2.05) is 6.33 Å². The average Bonchev–Trinajstić information content (AvgIpc) is 2.66. The summed E-state index contributed by atoms with van der Waals surface area (Å²) in [6.45, 7) is 9.78. The molecule has 1 aromatic rings. The van der Waals surface area contributed by atoms with Crippen LogP contribution in [0.4, 0.5) is 0 Å². The number of hydrogen-bond acceptors (Lipinski definition) is 2. The van der Waals surface area contributed by atoms with Gasteiger partial charge in [0.1, 0.15) is 0 Å². The summed E-state index contributed by atoms with van der Waals surface area (Å²) < 4.78 is 2.20. The lowest BCUT2D eigenvalue weighted by molar-refractivity contribution is 0.511. The molecule has 1 rings (SSSR count). The average molecular weight is 223 g/mol. The van der Waals surface area contributed by atoms with Gasteiger partial charge in [0.15, 0.2) is 0 Å². The quantitative estimate of drug-likeness (QED) is 0.687. The Kier molecular flexibility index (Phi) is 6.16. The molecule has 0 radical (unpaired) electrons. The first kappa shape index (κ1) is 13.2. The van der Waals surface area contributed by atoms with Crippen LogP contribution in [0.5, 0.6) is 0 Å². The minimum atomic E-state index is 0.800. The van der Waals surface area contributed by atoms with Crippen molar-refractivity contribution < 1.29 is 0 Å². The third-order valence-electron chi connectivity index (χ3n) is 2.62. The van der Waals surface area contributed by atoms with Crippen LogP contribution in [0.1, 0.15) is 45.7 Å². The van der Waals surface area contributed by atoms with Crippen molar-refractivity contribution in [1.82, 2.24) is 14.9 Å². The third-order valence-corrected chi connectivity index (χ3v) is 2.62. The van der Waals surface area contributed by atoms with Crippen molar-refractivity contribution in [1.29, 1.82) is 0 Å². The van der Waals surface area contributed by atoms with E-state index in [0.29, 0.717) is 0 Å². The molecule has 3 heteroatoms. The molecule has 0 spiro atoms. The van der Waals surface area contributed by atoms with Crippen LogP contribution < -0.4 is 5.32 Å². The first-order chi connectivity index (χ1) is 7.72. The molecule has 1 aromatic heterocycles. The van der Waals surface area contributed by atoms with Crippen molar-refractivity contribution in [2.24, 2.45) is 5.92 Å². The molecule has 1 heterocycles. The highest BCUT2D eigenvalue weighted by Gasteiger charge is 1.99. The molecular weight excluding hydrogens is 198 g/mol. The Morgan fingerprint density at radius 1 is 1.44 bits per heavy atom. The molecule has 0 atom stereocenters. The highest BCUT2D eigenvalue weighted by atomic mass is 15.0. The van der Waals surface area contributed by atoms with Gasteiger partial charge in [-0.2, -0.15) is 0 Å². The van der Waals surface area contributed by atoms with Crippen molar-refractivity contribution in [3.8, 4) is 0 Å². The van der Waals surface area contributed by atoms with Gasteiger partial charge in [0.05, 0.1) is 12.0 Å². The monoisotopic (exact) mass is 223 g/mol. The molecular formula is C13H25N3. The lowest BCUT2D eigenvalue weighted by Crippen LogP contribution is -2.13. The van der Waals surface area contributed by atoms with E-state index < -0.39 is 0 Å². The summed E-state index contributed by atoms with van der Waals surface area (Å²) in [5.74, 6) is 0.800. The zero-order chi connectivity index (χ0) is 11.8. The number of imidazole rings is 1. The predicted octanol–water partition coefficient (Wildman–Crippen LogP) is 2.82. The maximum Gasteiger partial charge on any atom is 0.0949 e. The van der Waals surface area contributed by atoms with Crippen LogP contribution in [0.15, 0.2) is 12.5 Å². The third kappa shape index (κ3) is 5.31. The fourth-order valence-electron chi connectivity index (χ4n) is 1.70. The van der Waals surface area contributed by atoms with Gasteiger partial charge in [-0.15, -0.1) is 0 Å². The smallest absolute Gasteiger partial charge is 0.0949 e. The van der Waals surface area contributed by atoms with Crippen LogP contribution in [0.25, 0.3) is 0 Å². The summed E-state index contributed by atoms with van der Waals surface area (Å²) in [7, 11) is 0. The van der Waals surface area contributed by atoms with Gasteiger partial charge in [-0.1, -0.05) is 20.8 Å². The Morgan fingerprint density at radius 2 is 2.25 bits per heavy atom. The van der Waals surface area contributed by atoms with Crippen LogP contribution in [0.2, 0.25) is 0 Å². The largest absolute Gasteiger partial charge is 0.337 e. The van der Waals surface area contributed by atoms with Gasteiger partial charge in [-0.05, 0) is 31.7 Å². The molecule has 16 heavy (non-hydrogen) atoms. The van der Waals surface area contributed by atoms with Crippen molar-refractivity contribution in [2.45, 2.75) is 53.1 Å². The van der Waals surface area contributed by atoms with Crippen LogP contribution in [0, 0.1) is 5.92 Å². The number of aromatic nitrogens is 2. The first-order valence-corrected chi connectivity index (χ1v) is 6.43. The second-order valence-corrected chi connectivity index (χ2v) is 4.82. The zero-order valence-corrected chi connectivity index (χ0v) is 10.9. The summed E-state index contributed by atoms with van der Waals surface area (Å²) >= 11 is 0. The van der Waals surface area contributed by atoms with E-state index in [0.717, 1.165) is 31.2 Å². The molecule has 92 valence electrons. The Balaban J connectivity index is 2.22. The van der Waals surface area contributed by atoms with E-state index in [1.54, 1.807) is 0 Å². The van der Waals surface area contributed by atoms with E-state index in [1.165, 1.54) is 19.3 Å². The summed E-state index contributed by atoms with van der Waals surface area (Å²) in [5.41, 5.74) is 1.15. The zero-order valence-electron chi connectivity index (χ0n) is 10.9. The van der Waals surface area contributed by atoms with Gasteiger partial charge in [0.25, 0.3) is 0 Å². The second kappa shape index (κ2) is 7.44. The fourth-order valence-corrected chi connectivity index (χ4v) is 1.70. The molecule has 0 amide bonds.